The highest BCUT2D eigenvalue weighted by molar-refractivity contribution is 9.10. The summed E-state index contributed by atoms with van der Waals surface area (Å²) in [4.78, 5) is 15.1. The maximum absolute atomic E-state index is 5.65. The van der Waals surface area contributed by atoms with Crippen LogP contribution in [0, 0.1) is 13.8 Å². The van der Waals surface area contributed by atoms with Crippen molar-refractivity contribution in [1.82, 2.24) is 15.0 Å². The number of fused-ring (bicyclic) bond motifs is 3. The van der Waals surface area contributed by atoms with Gasteiger partial charge in [0, 0.05) is 28.6 Å². The summed E-state index contributed by atoms with van der Waals surface area (Å²) in [5, 5.41) is 4.40. The van der Waals surface area contributed by atoms with Crippen LogP contribution >= 0.6 is 27.3 Å². The summed E-state index contributed by atoms with van der Waals surface area (Å²) < 4.78 is 2.08. The van der Waals surface area contributed by atoms with Crippen molar-refractivity contribution in [2.45, 2.75) is 13.8 Å². The van der Waals surface area contributed by atoms with Crippen LogP contribution in [-0.4, -0.2) is 28.0 Å². The molecule has 1 aromatic carbocycles. The summed E-state index contributed by atoms with van der Waals surface area (Å²) >= 11 is 5.13. The van der Waals surface area contributed by atoms with Gasteiger partial charge >= 0.3 is 0 Å². The predicted octanol–water partition coefficient (Wildman–Crippen LogP) is 4.66. The first kappa shape index (κ1) is 17.3. The molecule has 0 amide bonds. The number of pyridine rings is 1. The number of aryl methyl sites for hydroxylation is 2. The topological polar surface area (TPSA) is 76.7 Å². The molecule has 26 heavy (non-hydrogen) atoms. The van der Waals surface area contributed by atoms with E-state index in [0.29, 0.717) is 13.1 Å². The number of aromatic nitrogens is 3. The van der Waals surface area contributed by atoms with E-state index in [1.165, 1.54) is 0 Å². The minimum absolute atomic E-state index is 0.553. The van der Waals surface area contributed by atoms with Gasteiger partial charge in [-0.2, -0.15) is 0 Å². The van der Waals surface area contributed by atoms with Crippen LogP contribution in [0.25, 0.3) is 31.6 Å². The molecule has 0 fully saturated rings. The quantitative estimate of drug-likeness (QED) is 0.495. The number of benzene rings is 1. The van der Waals surface area contributed by atoms with Crippen LogP contribution in [0.15, 0.2) is 34.8 Å². The van der Waals surface area contributed by atoms with Crippen LogP contribution in [0.5, 0.6) is 0 Å². The summed E-state index contributed by atoms with van der Waals surface area (Å²) in [6.45, 7) is 5.16. The van der Waals surface area contributed by atoms with Crippen molar-refractivity contribution in [1.29, 1.82) is 0 Å². The third-order valence-electron chi connectivity index (χ3n) is 4.12. The minimum Gasteiger partial charge on any atom is -0.368 e. The Morgan fingerprint density at radius 1 is 1.12 bits per heavy atom. The number of rotatable bonds is 4. The maximum atomic E-state index is 5.65. The summed E-state index contributed by atoms with van der Waals surface area (Å²) in [5.41, 5.74) is 9.88. The van der Waals surface area contributed by atoms with E-state index in [-0.39, 0.29) is 0 Å². The van der Waals surface area contributed by atoms with Crippen LogP contribution in [0.2, 0.25) is 0 Å². The van der Waals surface area contributed by atoms with E-state index >= 15 is 0 Å². The molecule has 0 saturated carbocycles. The Morgan fingerprint density at radius 3 is 2.62 bits per heavy atom. The molecule has 7 heteroatoms. The summed E-state index contributed by atoms with van der Waals surface area (Å²) in [6.07, 6.45) is 0. The number of thiophene rings is 1. The van der Waals surface area contributed by atoms with E-state index in [4.69, 9.17) is 15.7 Å². The maximum Gasteiger partial charge on any atom is 0.147 e. The lowest BCUT2D eigenvalue weighted by molar-refractivity contribution is 1.00. The molecule has 5 nitrogen and oxygen atoms in total. The van der Waals surface area contributed by atoms with Gasteiger partial charge < -0.3 is 11.1 Å². The average Bonchev–Trinajstić information content (AvgIpc) is 2.97. The van der Waals surface area contributed by atoms with Gasteiger partial charge in [-0.1, -0.05) is 28.1 Å². The van der Waals surface area contributed by atoms with Gasteiger partial charge in [-0.3, -0.25) is 0 Å². The van der Waals surface area contributed by atoms with Gasteiger partial charge in [0.05, 0.1) is 10.2 Å². The highest BCUT2D eigenvalue weighted by Gasteiger charge is 2.18. The number of nitrogens with two attached hydrogens (primary N) is 1. The zero-order chi connectivity index (χ0) is 18.3. The van der Waals surface area contributed by atoms with Gasteiger partial charge in [0.25, 0.3) is 0 Å². The van der Waals surface area contributed by atoms with Crippen LogP contribution in [0.3, 0.4) is 0 Å². The van der Waals surface area contributed by atoms with E-state index in [1.54, 1.807) is 11.3 Å². The second-order valence-corrected chi connectivity index (χ2v) is 8.03. The van der Waals surface area contributed by atoms with Crippen molar-refractivity contribution < 1.29 is 0 Å². The molecule has 0 aliphatic heterocycles. The second kappa shape index (κ2) is 6.90. The van der Waals surface area contributed by atoms with Crippen molar-refractivity contribution in [2.24, 2.45) is 5.73 Å². The van der Waals surface area contributed by atoms with Crippen molar-refractivity contribution in [2.75, 3.05) is 18.4 Å². The Labute approximate surface area is 163 Å². The lowest BCUT2D eigenvalue weighted by Gasteiger charge is -2.07. The first-order valence-electron chi connectivity index (χ1n) is 8.35. The molecule has 3 aromatic heterocycles. The fraction of sp³-hybridized carbons (Fsp3) is 0.211. The molecule has 3 N–H and O–H groups in total. The van der Waals surface area contributed by atoms with Gasteiger partial charge in [-0.15, -0.1) is 11.3 Å². The SMILES string of the molecule is Cc1cc(-c2ccc(Br)cc2)c2c(n1)sc1c(NCCN)nc(C)nc12. The molecule has 4 rings (SSSR count). The van der Waals surface area contributed by atoms with E-state index < -0.39 is 0 Å². The Hall–Kier alpha value is -2.09. The average molecular weight is 428 g/mol. The van der Waals surface area contributed by atoms with Crippen molar-refractivity contribution >= 4 is 53.5 Å². The van der Waals surface area contributed by atoms with Crippen molar-refractivity contribution in [3.8, 4) is 11.1 Å². The molecule has 132 valence electrons. The predicted molar refractivity (Wildman–Crippen MR) is 113 cm³/mol. The third kappa shape index (κ3) is 3.06. The van der Waals surface area contributed by atoms with Gasteiger partial charge in [0.15, 0.2) is 0 Å². The highest BCUT2D eigenvalue weighted by Crippen LogP contribution is 2.41. The molecular weight excluding hydrogens is 410 g/mol. The molecule has 0 radical (unpaired) electrons. The van der Waals surface area contributed by atoms with Crippen LogP contribution in [-0.2, 0) is 0 Å². The van der Waals surface area contributed by atoms with Gasteiger partial charge in [-0.25, -0.2) is 15.0 Å². The summed E-state index contributed by atoms with van der Waals surface area (Å²) in [7, 11) is 0. The molecule has 3 heterocycles. The lowest BCUT2D eigenvalue weighted by Crippen LogP contribution is -2.14. The molecule has 0 unspecified atom stereocenters. The standard InChI is InChI=1S/C19H18BrN5S/c1-10-9-14(12-3-5-13(20)6-4-12)15-16-17(26-19(15)23-10)18(22-8-7-21)25-11(2)24-16/h3-6,9H,7-8,21H2,1-2H3,(H,22,24,25). The molecular formula is C19H18BrN5S. The normalized spacial score (nSPS) is 11.4. The Morgan fingerprint density at radius 2 is 1.88 bits per heavy atom. The summed E-state index contributed by atoms with van der Waals surface area (Å²) in [5.74, 6) is 1.57. The van der Waals surface area contributed by atoms with Crippen LogP contribution in [0.1, 0.15) is 11.5 Å². The largest absolute Gasteiger partial charge is 0.368 e. The minimum atomic E-state index is 0.553. The van der Waals surface area contributed by atoms with E-state index in [2.05, 4.69) is 56.6 Å². The van der Waals surface area contributed by atoms with Crippen molar-refractivity contribution in [3.05, 3.63) is 46.3 Å². The molecule has 0 atom stereocenters. The number of hydrogen-bond donors (Lipinski definition) is 2. The Kier molecular flexibility index (Phi) is 4.60. The van der Waals surface area contributed by atoms with Gasteiger partial charge in [0.2, 0.25) is 0 Å². The second-order valence-electron chi connectivity index (χ2n) is 6.11. The molecule has 0 saturated heterocycles. The lowest BCUT2D eigenvalue weighted by atomic mass is 10.0. The van der Waals surface area contributed by atoms with Crippen LogP contribution in [0.4, 0.5) is 5.82 Å². The fourth-order valence-corrected chi connectivity index (χ4v) is 4.45. The Bertz CT molecular complexity index is 1100. The number of hydrogen-bond acceptors (Lipinski definition) is 6. The van der Waals surface area contributed by atoms with E-state index in [0.717, 1.165) is 53.4 Å². The van der Waals surface area contributed by atoms with Gasteiger partial charge in [0.1, 0.15) is 16.5 Å². The third-order valence-corrected chi connectivity index (χ3v) is 5.73. The zero-order valence-electron chi connectivity index (χ0n) is 14.5. The van der Waals surface area contributed by atoms with Crippen molar-refractivity contribution in [3.63, 3.8) is 0 Å². The smallest absolute Gasteiger partial charge is 0.147 e. The number of halogens is 1. The number of nitrogens with zero attached hydrogens (tertiary/aromatic N) is 3. The monoisotopic (exact) mass is 427 g/mol. The first-order valence-corrected chi connectivity index (χ1v) is 9.96. The molecule has 0 bridgehead atoms. The number of nitrogens with one attached hydrogen (secondary N) is 1. The molecule has 0 spiro atoms. The molecule has 4 aromatic rings. The summed E-state index contributed by atoms with van der Waals surface area (Å²) in [6, 6.07) is 10.5. The van der Waals surface area contributed by atoms with E-state index in [9.17, 15) is 0 Å². The number of anilines is 1. The molecule has 0 aliphatic rings. The van der Waals surface area contributed by atoms with Crippen LogP contribution < -0.4 is 11.1 Å². The fourth-order valence-electron chi connectivity index (χ4n) is 3.04. The van der Waals surface area contributed by atoms with E-state index in [1.807, 2.05) is 13.8 Å². The first-order chi connectivity index (χ1) is 12.6. The zero-order valence-corrected chi connectivity index (χ0v) is 16.9. The molecule has 0 aliphatic carbocycles. The Balaban J connectivity index is 2.05. The van der Waals surface area contributed by atoms with Gasteiger partial charge in [-0.05, 0) is 43.2 Å². The highest BCUT2D eigenvalue weighted by atomic mass is 79.9.